The average Bonchev–Trinajstić information content (AvgIpc) is 3.41. The van der Waals surface area contributed by atoms with Crippen molar-refractivity contribution >= 4 is 17.2 Å². The number of nitrogens with zero attached hydrogens (tertiary/aromatic N) is 2. The van der Waals surface area contributed by atoms with Gasteiger partial charge in [0.05, 0.1) is 21.3 Å². The molecule has 8 nitrogen and oxygen atoms in total. The van der Waals surface area contributed by atoms with E-state index in [9.17, 15) is 4.79 Å². The SMILES string of the molecule is COc1cc(OC)c(OC)cc1CNC(=O)CCc1nc(-c2ccsc2)no1. The summed E-state index contributed by atoms with van der Waals surface area (Å²) in [7, 11) is 4.68. The van der Waals surface area contributed by atoms with Gasteiger partial charge in [0.25, 0.3) is 0 Å². The summed E-state index contributed by atoms with van der Waals surface area (Å²) >= 11 is 1.56. The number of aromatic nitrogens is 2. The van der Waals surface area contributed by atoms with Crippen molar-refractivity contribution in [3.63, 3.8) is 0 Å². The molecule has 0 saturated carbocycles. The summed E-state index contributed by atoms with van der Waals surface area (Å²) < 4.78 is 21.1. The van der Waals surface area contributed by atoms with Crippen molar-refractivity contribution in [3.05, 3.63) is 40.4 Å². The molecule has 1 amide bonds. The maximum Gasteiger partial charge on any atom is 0.227 e. The van der Waals surface area contributed by atoms with Gasteiger partial charge in [0, 0.05) is 42.0 Å². The maximum atomic E-state index is 12.2. The molecule has 0 aliphatic heterocycles. The van der Waals surface area contributed by atoms with Gasteiger partial charge in [-0.25, -0.2) is 0 Å². The van der Waals surface area contributed by atoms with Gasteiger partial charge < -0.3 is 24.1 Å². The molecule has 2 heterocycles. The molecule has 0 atom stereocenters. The topological polar surface area (TPSA) is 95.7 Å². The summed E-state index contributed by atoms with van der Waals surface area (Å²) in [4.78, 5) is 16.5. The Hall–Kier alpha value is -3.07. The number of benzene rings is 1. The fourth-order valence-corrected chi connectivity index (χ4v) is 3.23. The molecule has 1 aromatic carbocycles. The summed E-state index contributed by atoms with van der Waals surface area (Å²) in [6.07, 6.45) is 0.604. The molecule has 0 unspecified atom stereocenters. The van der Waals surface area contributed by atoms with Crippen LogP contribution in [-0.2, 0) is 17.8 Å². The lowest BCUT2D eigenvalue weighted by atomic mass is 10.1. The van der Waals surface area contributed by atoms with Crippen LogP contribution in [0.5, 0.6) is 17.2 Å². The first-order chi connectivity index (χ1) is 13.6. The standard InChI is InChI=1S/C19H21N3O5S/c1-24-14-9-16(26-3)15(25-2)8-13(14)10-20-17(23)4-5-18-21-19(22-27-18)12-6-7-28-11-12/h6-9,11H,4-5,10H2,1-3H3,(H,20,23). The van der Waals surface area contributed by atoms with Crippen molar-refractivity contribution in [1.82, 2.24) is 15.5 Å². The molecular weight excluding hydrogens is 382 g/mol. The lowest BCUT2D eigenvalue weighted by Gasteiger charge is -2.14. The highest BCUT2D eigenvalue weighted by molar-refractivity contribution is 7.08. The highest BCUT2D eigenvalue weighted by atomic mass is 32.1. The number of ether oxygens (including phenoxy) is 3. The van der Waals surface area contributed by atoms with E-state index in [1.807, 2.05) is 16.8 Å². The molecular formula is C19H21N3O5S. The fourth-order valence-electron chi connectivity index (χ4n) is 2.60. The summed E-state index contributed by atoms with van der Waals surface area (Å²) in [6, 6.07) is 5.43. The minimum atomic E-state index is -0.132. The van der Waals surface area contributed by atoms with Gasteiger partial charge in [0.2, 0.25) is 17.6 Å². The van der Waals surface area contributed by atoms with E-state index in [0.717, 1.165) is 11.1 Å². The lowest BCUT2D eigenvalue weighted by Crippen LogP contribution is -2.23. The van der Waals surface area contributed by atoms with Gasteiger partial charge in [-0.2, -0.15) is 16.3 Å². The minimum Gasteiger partial charge on any atom is -0.496 e. The Morgan fingerprint density at radius 1 is 1.14 bits per heavy atom. The van der Waals surface area contributed by atoms with Crippen LogP contribution >= 0.6 is 11.3 Å². The van der Waals surface area contributed by atoms with Crippen molar-refractivity contribution in [2.24, 2.45) is 0 Å². The van der Waals surface area contributed by atoms with Crippen LogP contribution in [-0.4, -0.2) is 37.4 Å². The number of hydrogen-bond acceptors (Lipinski definition) is 8. The van der Waals surface area contributed by atoms with Crippen LogP contribution in [0.1, 0.15) is 17.9 Å². The maximum absolute atomic E-state index is 12.2. The number of carbonyl (C=O) groups excluding carboxylic acids is 1. The van der Waals surface area contributed by atoms with Gasteiger partial charge in [-0.1, -0.05) is 5.16 Å². The number of amides is 1. The number of hydrogen-bond donors (Lipinski definition) is 1. The van der Waals surface area contributed by atoms with Crippen molar-refractivity contribution < 1.29 is 23.5 Å². The van der Waals surface area contributed by atoms with Gasteiger partial charge in [-0.3, -0.25) is 4.79 Å². The second-order valence-corrected chi connectivity index (χ2v) is 6.60. The Morgan fingerprint density at radius 3 is 2.57 bits per heavy atom. The van der Waals surface area contributed by atoms with E-state index in [-0.39, 0.29) is 12.3 Å². The molecule has 3 rings (SSSR count). The first kappa shape index (κ1) is 19.7. The number of nitrogens with one attached hydrogen (secondary N) is 1. The minimum absolute atomic E-state index is 0.132. The smallest absolute Gasteiger partial charge is 0.227 e. The second kappa shape index (κ2) is 9.23. The quantitative estimate of drug-likeness (QED) is 0.586. The summed E-state index contributed by atoms with van der Waals surface area (Å²) in [6.45, 7) is 0.298. The van der Waals surface area contributed by atoms with Crippen molar-refractivity contribution in [3.8, 4) is 28.6 Å². The van der Waals surface area contributed by atoms with Crippen LogP contribution < -0.4 is 19.5 Å². The van der Waals surface area contributed by atoms with Gasteiger partial charge in [0.1, 0.15) is 5.75 Å². The largest absolute Gasteiger partial charge is 0.496 e. The van der Waals surface area contributed by atoms with Gasteiger partial charge in [0.15, 0.2) is 11.5 Å². The lowest BCUT2D eigenvalue weighted by molar-refractivity contribution is -0.121. The summed E-state index contributed by atoms with van der Waals surface area (Å²) in [5.41, 5.74) is 1.69. The molecule has 1 N–H and O–H groups in total. The summed E-state index contributed by atoms with van der Waals surface area (Å²) in [5.74, 6) is 2.57. The third kappa shape index (κ3) is 4.61. The van der Waals surface area contributed by atoms with Gasteiger partial charge >= 0.3 is 0 Å². The van der Waals surface area contributed by atoms with Crippen LogP contribution in [0.25, 0.3) is 11.4 Å². The van der Waals surface area contributed by atoms with E-state index in [1.165, 1.54) is 0 Å². The Balaban J connectivity index is 1.56. The third-order valence-corrected chi connectivity index (χ3v) is 4.76. The van der Waals surface area contributed by atoms with Crippen molar-refractivity contribution in [1.29, 1.82) is 0 Å². The molecule has 0 radical (unpaired) electrons. The zero-order valence-corrected chi connectivity index (χ0v) is 16.7. The average molecular weight is 403 g/mol. The zero-order chi connectivity index (χ0) is 19.9. The Kier molecular flexibility index (Phi) is 6.49. The Bertz CT molecular complexity index is 924. The first-order valence-electron chi connectivity index (χ1n) is 8.55. The van der Waals surface area contributed by atoms with E-state index in [2.05, 4.69) is 15.5 Å². The molecule has 0 fully saturated rings. The Morgan fingerprint density at radius 2 is 1.89 bits per heavy atom. The fraction of sp³-hybridized carbons (Fsp3) is 0.316. The van der Waals surface area contributed by atoms with Gasteiger partial charge in [-0.15, -0.1) is 0 Å². The molecule has 0 spiro atoms. The molecule has 148 valence electrons. The molecule has 0 aliphatic rings. The predicted molar refractivity (Wildman–Crippen MR) is 104 cm³/mol. The molecule has 28 heavy (non-hydrogen) atoms. The highest BCUT2D eigenvalue weighted by Gasteiger charge is 2.14. The van der Waals surface area contributed by atoms with E-state index < -0.39 is 0 Å². The number of thiophene rings is 1. The molecule has 3 aromatic rings. The predicted octanol–water partition coefficient (Wildman–Crippen LogP) is 3.07. The molecule has 0 aliphatic carbocycles. The summed E-state index contributed by atoms with van der Waals surface area (Å²) in [5, 5.41) is 10.7. The monoisotopic (exact) mass is 403 g/mol. The van der Waals surface area contributed by atoms with Crippen LogP contribution in [0.15, 0.2) is 33.5 Å². The number of aryl methyl sites for hydroxylation is 1. The molecule has 0 saturated heterocycles. The van der Waals surface area contributed by atoms with E-state index >= 15 is 0 Å². The number of methoxy groups -OCH3 is 3. The molecule has 0 bridgehead atoms. The number of rotatable bonds is 9. The Labute approximate surface area is 166 Å². The molecule has 2 aromatic heterocycles. The van der Waals surface area contributed by atoms with E-state index in [0.29, 0.717) is 41.9 Å². The third-order valence-electron chi connectivity index (χ3n) is 4.08. The van der Waals surface area contributed by atoms with E-state index in [4.69, 9.17) is 18.7 Å². The van der Waals surface area contributed by atoms with E-state index in [1.54, 1.807) is 44.8 Å². The van der Waals surface area contributed by atoms with Gasteiger partial charge in [-0.05, 0) is 17.5 Å². The normalized spacial score (nSPS) is 10.5. The second-order valence-electron chi connectivity index (χ2n) is 5.82. The highest BCUT2D eigenvalue weighted by Crippen LogP contribution is 2.34. The van der Waals surface area contributed by atoms with Crippen LogP contribution in [0, 0.1) is 0 Å². The molecule has 9 heteroatoms. The first-order valence-corrected chi connectivity index (χ1v) is 9.49. The van der Waals surface area contributed by atoms with Crippen molar-refractivity contribution in [2.75, 3.05) is 21.3 Å². The van der Waals surface area contributed by atoms with Crippen LogP contribution in [0.4, 0.5) is 0 Å². The number of carbonyl (C=O) groups is 1. The van der Waals surface area contributed by atoms with Crippen molar-refractivity contribution in [2.45, 2.75) is 19.4 Å². The zero-order valence-electron chi connectivity index (χ0n) is 15.9. The van der Waals surface area contributed by atoms with Crippen LogP contribution in [0.2, 0.25) is 0 Å². The van der Waals surface area contributed by atoms with Crippen LogP contribution in [0.3, 0.4) is 0 Å².